The van der Waals surface area contributed by atoms with E-state index in [-0.39, 0.29) is 4.90 Å². The Morgan fingerprint density at radius 1 is 1.00 bits per heavy atom. The molecule has 0 unspecified atom stereocenters. The molecule has 0 saturated carbocycles. The van der Waals surface area contributed by atoms with E-state index in [9.17, 15) is 8.42 Å². The molecule has 24 heavy (non-hydrogen) atoms. The van der Waals surface area contributed by atoms with E-state index < -0.39 is 10.0 Å². The summed E-state index contributed by atoms with van der Waals surface area (Å²) in [7, 11) is -3.64. The minimum atomic E-state index is -3.64. The number of benzene rings is 2. The van der Waals surface area contributed by atoms with Crippen LogP contribution in [0.1, 0.15) is 6.92 Å². The first-order valence-electron chi connectivity index (χ1n) is 7.67. The predicted molar refractivity (Wildman–Crippen MR) is 93.1 cm³/mol. The molecule has 3 aromatic rings. The number of anilines is 1. The fourth-order valence-electron chi connectivity index (χ4n) is 2.96. The Hall–Kier alpha value is -2.73. The maximum absolute atomic E-state index is 12.9. The number of nitrogens with zero attached hydrogens (tertiary/aromatic N) is 3. The standard InChI is InChI=1S/C18H15N3O2S/c1-2-21-15-11-7-6-10-14(15)17-16(24(21,22)23)12-19-18(20-17)13-8-4-3-5-9-13/h3-12H,2H2,1H3. The summed E-state index contributed by atoms with van der Waals surface area (Å²) in [5, 5.41) is 0. The molecule has 1 aromatic heterocycles. The molecule has 1 aliphatic rings. The number of para-hydroxylation sites is 1. The number of hydrogen-bond acceptors (Lipinski definition) is 4. The third-order valence-electron chi connectivity index (χ3n) is 4.07. The average molecular weight is 337 g/mol. The number of sulfonamides is 1. The lowest BCUT2D eigenvalue weighted by Crippen LogP contribution is -2.34. The van der Waals surface area contributed by atoms with E-state index in [4.69, 9.17) is 0 Å². The quantitative estimate of drug-likeness (QED) is 0.719. The van der Waals surface area contributed by atoms with Crippen molar-refractivity contribution in [2.75, 3.05) is 10.8 Å². The maximum atomic E-state index is 12.9. The van der Waals surface area contributed by atoms with Crippen LogP contribution >= 0.6 is 0 Å². The van der Waals surface area contributed by atoms with E-state index in [1.165, 1.54) is 10.5 Å². The molecule has 4 rings (SSSR count). The van der Waals surface area contributed by atoms with Gasteiger partial charge in [-0.3, -0.25) is 4.31 Å². The lowest BCUT2D eigenvalue weighted by Gasteiger charge is -2.30. The molecule has 0 atom stereocenters. The maximum Gasteiger partial charge on any atom is 0.268 e. The second kappa shape index (κ2) is 5.42. The van der Waals surface area contributed by atoms with Gasteiger partial charge in [-0.2, -0.15) is 0 Å². The monoisotopic (exact) mass is 337 g/mol. The minimum Gasteiger partial charge on any atom is -0.266 e. The molecule has 0 aliphatic carbocycles. The van der Waals surface area contributed by atoms with Crippen LogP contribution in [0.3, 0.4) is 0 Å². The van der Waals surface area contributed by atoms with Gasteiger partial charge in [0, 0.05) is 17.7 Å². The van der Waals surface area contributed by atoms with Crippen LogP contribution in [0.15, 0.2) is 65.7 Å². The van der Waals surface area contributed by atoms with Crippen LogP contribution in [-0.4, -0.2) is 24.9 Å². The van der Waals surface area contributed by atoms with E-state index >= 15 is 0 Å². The van der Waals surface area contributed by atoms with E-state index in [1.54, 1.807) is 0 Å². The van der Waals surface area contributed by atoms with Crippen molar-refractivity contribution in [3.8, 4) is 22.6 Å². The van der Waals surface area contributed by atoms with E-state index in [0.717, 1.165) is 11.1 Å². The third-order valence-corrected chi connectivity index (χ3v) is 5.96. The number of fused-ring (bicyclic) bond motifs is 3. The van der Waals surface area contributed by atoms with Gasteiger partial charge < -0.3 is 0 Å². The highest BCUT2D eigenvalue weighted by Gasteiger charge is 2.35. The number of hydrogen-bond donors (Lipinski definition) is 0. The number of aromatic nitrogens is 2. The SMILES string of the molecule is CCN1c2ccccc2-c2nc(-c3ccccc3)ncc2S1(=O)=O. The van der Waals surface area contributed by atoms with Gasteiger partial charge in [-0.05, 0) is 13.0 Å². The molecule has 120 valence electrons. The van der Waals surface area contributed by atoms with Gasteiger partial charge in [0.25, 0.3) is 10.0 Å². The topological polar surface area (TPSA) is 63.2 Å². The van der Waals surface area contributed by atoms with Crippen LogP contribution < -0.4 is 4.31 Å². The molecular weight excluding hydrogens is 322 g/mol. The Balaban J connectivity index is 2.01. The summed E-state index contributed by atoms with van der Waals surface area (Å²) in [6.07, 6.45) is 1.42. The fourth-order valence-corrected chi connectivity index (χ4v) is 4.54. The molecule has 6 heteroatoms. The van der Waals surface area contributed by atoms with Crippen molar-refractivity contribution in [2.24, 2.45) is 0 Å². The zero-order valence-corrected chi connectivity index (χ0v) is 13.9. The van der Waals surface area contributed by atoms with Crippen LogP contribution in [0.25, 0.3) is 22.6 Å². The summed E-state index contributed by atoms with van der Waals surface area (Å²) in [5.74, 6) is 0.518. The Morgan fingerprint density at radius 2 is 1.71 bits per heavy atom. The summed E-state index contributed by atoms with van der Waals surface area (Å²) in [4.78, 5) is 9.01. The third kappa shape index (κ3) is 2.11. The molecule has 5 nitrogen and oxygen atoms in total. The van der Waals surface area contributed by atoms with Crippen LogP contribution in [0.5, 0.6) is 0 Å². The van der Waals surface area contributed by atoms with Gasteiger partial charge in [0.2, 0.25) is 0 Å². The summed E-state index contributed by atoms with van der Waals surface area (Å²) in [6.45, 7) is 2.18. The normalized spacial score (nSPS) is 14.8. The lowest BCUT2D eigenvalue weighted by atomic mass is 10.1. The Morgan fingerprint density at radius 3 is 2.46 bits per heavy atom. The average Bonchev–Trinajstić information content (AvgIpc) is 2.62. The van der Waals surface area contributed by atoms with E-state index in [2.05, 4.69) is 9.97 Å². The molecule has 0 amide bonds. The van der Waals surface area contributed by atoms with Gasteiger partial charge >= 0.3 is 0 Å². The van der Waals surface area contributed by atoms with Crippen molar-refractivity contribution in [3.63, 3.8) is 0 Å². The van der Waals surface area contributed by atoms with Crippen molar-refractivity contribution in [2.45, 2.75) is 11.8 Å². The van der Waals surface area contributed by atoms with Crippen LogP contribution in [0.4, 0.5) is 5.69 Å². The Bertz CT molecular complexity index is 1020. The van der Waals surface area contributed by atoms with Crippen LogP contribution in [0, 0.1) is 0 Å². The highest BCUT2D eigenvalue weighted by Crippen LogP contribution is 2.41. The molecule has 0 spiro atoms. The Kier molecular flexibility index (Phi) is 3.35. The van der Waals surface area contributed by atoms with Gasteiger partial charge in [0.1, 0.15) is 4.90 Å². The van der Waals surface area contributed by atoms with E-state index in [0.29, 0.717) is 23.8 Å². The van der Waals surface area contributed by atoms with Gasteiger partial charge in [-0.25, -0.2) is 18.4 Å². The molecule has 2 heterocycles. The van der Waals surface area contributed by atoms with Crippen LogP contribution in [0.2, 0.25) is 0 Å². The second-order valence-corrected chi connectivity index (χ2v) is 7.29. The van der Waals surface area contributed by atoms with Crippen molar-refractivity contribution in [1.29, 1.82) is 0 Å². The molecular formula is C18H15N3O2S. The molecule has 0 radical (unpaired) electrons. The zero-order chi connectivity index (χ0) is 16.7. The highest BCUT2D eigenvalue weighted by atomic mass is 32.2. The minimum absolute atomic E-state index is 0.155. The van der Waals surface area contributed by atoms with E-state index in [1.807, 2.05) is 61.5 Å². The molecule has 0 fully saturated rings. The first kappa shape index (κ1) is 14.8. The smallest absolute Gasteiger partial charge is 0.266 e. The van der Waals surface area contributed by atoms with Crippen molar-refractivity contribution < 1.29 is 8.42 Å². The predicted octanol–water partition coefficient (Wildman–Crippen LogP) is 3.34. The summed E-state index contributed by atoms with van der Waals surface area (Å²) in [5.41, 5.74) is 2.78. The van der Waals surface area contributed by atoms with Gasteiger partial charge in [-0.15, -0.1) is 0 Å². The van der Waals surface area contributed by atoms with Crippen LogP contribution in [-0.2, 0) is 10.0 Å². The zero-order valence-electron chi connectivity index (χ0n) is 13.0. The van der Waals surface area contributed by atoms with Crippen molar-refractivity contribution in [1.82, 2.24) is 9.97 Å². The Labute approximate surface area is 140 Å². The second-order valence-electron chi connectivity index (χ2n) is 5.46. The van der Waals surface area contributed by atoms with Gasteiger partial charge in [0.15, 0.2) is 5.82 Å². The fraction of sp³-hybridized carbons (Fsp3) is 0.111. The lowest BCUT2D eigenvalue weighted by molar-refractivity contribution is 0.590. The summed E-state index contributed by atoms with van der Waals surface area (Å²) >= 11 is 0. The molecule has 1 aliphatic heterocycles. The first-order valence-corrected chi connectivity index (χ1v) is 9.11. The van der Waals surface area contributed by atoms with Crippen molar-refractivity contribution >= 4 is 15.7 Å². The summed E-state index contributed by atoms with van der Waals surface area (Å²) < 4.78 is 27.2. The molecule has 0 N–H and O–H groups in total. The van der Waals surface area contributed by atoms with Gasteiger partial charge in [-0.1, -0.05) is 48.5 Å². The first-order chi connectivity index (χ1) is 11.6. The molecule has 0 bridgehead atoms. The molecule has 0 saturated heterocycles. The largest absolute Gasteiger partial charge is 0.268 e. The van der Waals surface area contributed by atoms with Gasteiger partial charge in [0.05, 0.1) is 17.6 Å². The summed E-state index contributed by atoms with van der Waals surface area (Å²) in [6, 6.07) is 17.0. The van der Waals surface area contributed by atoms with Crippen molar-refractivity contribution in [3.05, 3.63) is 60.8 Å². The highest BCUT2D eigenvalue weighted by molar-refractivity contribution is 7.93. The molecule has 2 aromatic carbocycles. The number of rotatable bonds is 2.